The minimum Gasteiger partial charge on any atom is -0.305 e. The van der Waals surface area contributed by atoms with E-state index in [4.69, 9.17) is 0 Å². The van der Waals surface area contributed by atoms with Crippen molar-refractivity contribution in [2.45, 2.75) is 13.8 Å². The van der Waals surface area contributed by atoms with Crippen molar-refractivity contribution in [1.29, 1.82) is 0 Å². The van der Waals surface area contributed by atoms with Gasteiger partial charge in [0.25, 0.3) is 5.56 Å². The molecule has 90 valence electrons. The highest BCUT2D eigenvalue weighted by Gasteiger charge is 2.09. The first kappa shape index (κ1) is 10.6. The number of H-pyrrole nitrogens is 2. The second-order valence-corrected chi connectivity index (χ2v) is 4.29. The molecule has 0 aliphatic rings. The van der Waals surface area contributed by atoms with Crippen LogP contribution in [0.5, 0.6) is 0 Å². The first-order chi connectivity index (χ1) is 8.56. The Morgan fingerprint density at radius 2 is 1.72 bits per heavy atom. The lowest BCUT2D eigenvalue weighted by Gasteiger charge is -2.04. The van der Waals surface area contributed by atoms with E-state index >= 15 is 0 Å². The lowest BCUT2D eigenvalue weighted by atomic mass is 10.1. The minimum absolute atomic E-state index is 0.144. The molecule has 0 radical (unpaired) electrons. The predicted molar refractivity (Wildman–Crippen MR) is 67.8 cm³/mol. The second-order valence-electron chi connectivity index (χ2n) is 4.29. The summed E-state index contributed by atoms with van der Waals surface area (Å²) < 4.78 is 0. The largest absolute Gasteiger partial charge is 0.326 e. The van der Waals surface area contributed by atoms with Gasteiger partial charge in [0.05, 0.1) is 11.0 Å². The van der Waals surface area contributed by atoms with Gasteiger partial charge in [-0.2, -0.15) is 0 Å². The number of rotatable bonds is 0. The molecule has 3 aromatic rings. The van der Waals surface area contributed by atoms with E-state index in [2.05, 4.69) is 20.2 Å². The quantitative estimate of drug-likeness (QED) is 0.570. The summed E-state index contributed by atoms with van der Waals surface area (Å²) in [6.45, 7) is 3.94. The van der Waals surface area contributed by atoms with Crippen molar-refractivity contribution in [2.24, 2.45) is 0 Å². The van der Waals surface area contributed by atoms with Gasteiger partial charge in [-0.3, -0.25) is 9.78 Å². The lowest BCUT2D eigenvalue weighted by molar-refractivity contribution is 1.03. The van der Waals surface area contributed by atoms with Gasteiger partial charge in [-0.05, 0) is 37.1 Å². The van der Waals surface area contributed by atoms with Gasteiger partial charge in [0.15, 0.2) is 5.52 Å². The third-order valence-corrected chi connectivity index (χ3v) is 3.06. The molecule has 6 nitrogen and oxygen atoms in total. The highest BCUT2D eigenvalue weighted by Crippen LogP contribution is 2.21. The van der Waals surface area contributed by atoms with E-state index in [1.165, 1.54) is 0 Å². The van der Waals surface area contributed by atoms with E-state index in [9.17, 15) is 9.59 Å². The maximum Gasteiger partial charge on any atom is 0.326 e. The van der Waals surface area contributed by atoms with E-state index in [0.29, 0.717) is 11.0 Å². The molecule has 0 saturated heterocycles. The number of benzene rings is 1. The molecule has 2 N–H and O–H groups in total. The fourth-order valence-corrected chi connectivity index (χ4v) is 1.96. The van der Waals surface area contributed by atoms with Crippen molar-refractivity contribution >= 4 is 21.9 Å². The molecule has 0 saturated carbocycles. The number of aromatic amines is 2. The third kappa shape index (κ3) is 1.42. The molecule has 0 amide bonds. The van der Waals surface area contributed by atoms with Gasteiger partial charge >= 0.3 is 5.69 Å². The van der Waals surface area contributed by atoms with Crippen molar-refractivity contribution in [3.05, 3.63) is 44.1 Å². The Balaban J connectivity index is 2.64. The Kier molecular flexibility index (Phi) is 2.07. The van der Waals surface area contributed by atoms with Gasteiger partial charge < -0.3 is 4.98 Å². The fourth-order valence-electron chi connectivity index (χ4n) is 1.96. The SMILES string of the molecule is Cc1cc2nnc3c(=O)[nH]c(=O)[nH]c3c2cc1C. The predicted octanol–water partition coefficient (Wildman–Crippen LogP) is 0.776. The molecule has 2 heterocycles. The van der Waals surface area contributed by atoms with Crippen LogP contribution in [0.25, 0.3) is 21.9 Å². The summed E-state index contributed by atoms with van der Waals surface area (Å²) in [5.41, 5.74) is 2.32. The van der Waals surface area contributed by atoms with E-state index < -0.39 is 11.2 Å². The molecule has 2 aromatic heterocycles. The smallest absolute Gasteiger partial charge is 0.305 e. The standard InChI is InChI=1S/C12H10N4O2/c1-5-3-7-8(4-6(5)2)15-16-10-9(7)13-12(18)14-11(10)17/h3-4H,1-2H3,(H2,13,14,17,18). The van der Waals surface area contributed by atoms with E-state index in [1.807, 2.05) is 26.0 Å². The summed E-state index contributed by atoms with van der Waals surface area (Å²) in [4.78, 5) is 27.7. The van der Waals surface area contributed by atoms with Gasteiger partial charge in [-0.15, -0.1) is 10.2 Å². The Bertz CT molecular complexity index is 892. The monoisotopic (exact) mass is 242 g/mol. The highest BCUT2D eigenvalue weighted by atomic mass is 16.2. The maximum atomic E-state index is 11.6. The van der Waals surface area contributed by atoms with Gasteiger partial charge in [0.1, 0.15) is 0 Å². The number of hydrogen-bond acceptors (Lipinski definition) is 4. The molecule has 0 spiro atoms. The van der Waals surface area contributed by atoms with Crippen LogP contribution in [0, 0.1) is 13.8 Å². The van der Waals surface area contributed by atoms with Crippen molar-refractivity contribution in [1.82, 2.24) is 20.2 Å². The van der Waals surface area contributed by atoms with Gasteiger partial charge in [-0.1, -0.05) is 0 Å². The van der Waals surface area contributed by atoms with Crippen LogP contribution in [0.2, 0.25) is 0 Å². The number of fused-ring (bicyclic) bond motifs is 3. The highest BCUT2D eigenvalue weighted by molar-refractivity contribution is 6.01. The molecule has 6 heteroatoms. The topological polar surface area (TPSA) is 91.5 Å². The Morgan fingerprint density at radius 1 is 1.00 bits per heavy atom. The van der Waals surface area contributed by atoms with E-state index in [1.54, 1.807) is 0 Å². The molecule has 0 fully saturated rings. The van der Waals surface area contributed by atoms with E-state index in [-0.39, 0.29) is 5.52 Å². The molecule has 0 bridgehead atoms. The normalized spacial score (nSPS) is 11.2. The van der Waals surface area contributed by atoms with Gasteiger partial charge in [-0.25, -0.2) is 4.79 Å². The zero-order valence-electron chi connectivity index (χ0n) is 9.87. The van der Waals surface area contributed by atoms with Crippen molar-refractivity contribution in [3.63, 3.8) is 0 Å². The summed E-state index contributed by atoms with van der Waals surface area (Å²) in [5, 5.41) is 8.59. The van der Waals surface area contributed by atoms with Gasteiger partial charge in [0, 0.05) is 5.39 Å². The average molecular weight is 242 g/mol. The zero-order valence-corrected chi connectivity index (χ0v) is 9.87. The van der Waals surface area contributed by atoms with Crippen LogP contribution in [0.3, 0.4) is 0 Å². The van der Waals surface area contributed by atoms with Crippen molar-refractivity contribution < 1.29 is 0 Å². The number of aryl methyl sites for hydroxylation is 2. The van der Waals surface area contributed by atoms with E-state index in [0.717, 1.165) is 16.5 Å². The van der Waals surface area contributed by atoms with Crippen LogP contribution in [0.15, 0.2) is 21.7 Å². The Morgan fingerprint density at radius 3 is 2.50 bits per heavy atom. The van der Waals surface area contributed by atoms with Crippen LogP contribution in [0.1, 0.15) is 11.1 Å². The number of nitrogens with zero attached hydrogens (tertiary/aromatic N) is 2. The van der Waals surface area contributed by atoms with Crippen LogP contribution in [-0.4, -0.2) is 20.2 Å². The van der Waals surface area contributed by atoms with Crippen molar-refractivity contribution in [2.75, 3.05) is 0 Å². The van der Waals surface area contributed by atoms with Crippen LogP contribution in [-0.2, 0) is 0 Å². The number of nitrogens with one attached hydrogen (secondary N) is 2. The number of hydrogen-bond donors (Lipinski definition) is 2. The molecular weight excluding hydrogens is 232 g/mol. The second kappa shape index (κ2) is 3.49. The molecule has 1 aromatic carbocycles. The molecule has 3 rings (SSSR count). The summed E-state index contributed by atoms with van der Waals surface area (Å²) in [6.07, 6.45) is 0. The van der Waals surface area contributed by atoms with Crippen LogP contribution >= 0.6 is 0 Å². The maximum absolute atomic E-state index is 11.6. The molecule has 0 aliphatic heterocycles. The molecule has 18 heavy (non-hydrogen) atoms. The molecular formula is C12H10N4O2. The summed E-state index contributed by atoms with van der Waals surface area (Å²) in [5.74, 6) is 0. The number of aromatic nitrogens is 4. The summed E-state index contributed by atoms with van der Waals surface area (Å²) >= 11 is 0. The van der Waals surface area contributed by atoms with Crippen LogP contribution < -0.4 is 11.2 Å². The Labute approximate surface area is 101 Å². The van der Waals surface area contributed by atoms with Gasteiger partial charge in [0.2, 0.25) is 0 Å². The molecule has 0 unspecified atom stereocenters. The zero-order chi connectivity index (χ0) is 12.9. The summed E-state index contributed by atoms with van der Waals surface area (Å²) in [6, 6.07) is 3.79. The Hall–Kier alpha value is -2.50. The molecule has 0 atom stereocenters. The average Bonchev–Trinajstić information content (AvgIpc) is 2.30. The van der Waals surface area contributed by atoms with Crippen LogP contribution in [0.4, 0.5) is 0 Å². The molecule has 0 aliphatic carbocycles. The fraction of sp³-hybridized carbons (Fsp3) is 0.167. The minimum atomic E-state index is -0.542. The first-order valence-electron chi connectivity index (χ1n) is 5.46. The summed E-state index contributed by atoms with van der Waals surface area (Å²) in [7, 11) is 0. The first-order valence-corrected chi connectivity index (χ1v) is 5.46. The van der Waals surface area contributed by atoms with Crippen molar-refractivity contribution in [3.8, 4) is 0 Å². The lowest BCUT2D eigenvalue weighted by Crippen LogP contribution is -2.23. The third-order valence-electron chi connectivity index (χ3n) is 3.06.